The summed E-state index contributed by atoms with van der Waals surface area (Å²) in [4.78, 5) is 28.5. The quantitative estimate of drug-likeness (QED) is 0.848. The van der Waals surface area contributed by atoms with Crippen LogP contribution in [0.15, 0.2) is 18.2 Å². The van der Waals surface area contributed by atoms with Gasteiger partial charge in [-0.1, -0.05) is 19.9 Å². The number of benzene rings is 1. The van der Waals surface area contributed by atoms with E-state index >= 15 is 0 Å². The molecule has 0 unspecified atom stereocenters. The molecule has 0 atom stereocenters. The minimum absolute atomic E-state index is 0.0159. The van der Waals surface area contributed by atoms with Crippen molar-refractivity contribution >= 4 is 11.8 Å². The summed E-state index contributed by atoms with van der Waals surface area (Å²) < 4.78 is 5.30. The predicted molar refractivity (Wildman–Crippen MR) is 97.9 cm³/mol. The van der Waals surface area contributed by atoms with E-state index in [1.165, 1.54) is 0 Å². The van der Waals surface area contributed by atoms with Crippen molar-refractivity contribution in [2.45, 2.75) is 20.8 Å². The number of piperazine rings is 1. The van der Waals surface area contributed by atoms with E-state index in [0.29, 0.717) is 50.7 Å². The molecule has 1 N–H and O–H groups in total. The Morgan fingerprint density at radius 1 is 1.20 bits per heavy atom. The first-order valence-electron chi connectivity index (χ1n) is 8.83. The van der Waals surface area contributed by atoms with Crippen LogP contribution >= 0.6 is 0 Å². The van der Waals surface area contributed by atoms with E-state index < -0.39 is 0 Å². The number of methoxy groups -OCH3 is 1. The second-order valence-electron chi connectivity index (χ2n) is 6.95. The van der Waals surface area contributed by atoms with Crippen molar-refractivity contribution < 1.29 is 14.3 Å². The maximum atomic E-state index is 12.7. The van der Waals surface area contributed by atoms with Crippen LogP contribution in [0.2, 0.25) is 0 Å². The number of carbonyl (C=O) groups excluding carboxylic acids is 2. The molecule has 1 aromatic carbocycles. The van der Waals surface area contributed by atoms with E-state index in [4.69, 9.17) is 4.74 Å². The molecule has 0 bridgehead atoms. The van der Waals surface area contributed by atoms with Gasteiger partial charge in [0, 0.05) is 38.3 Å². The van der Waals surface area contributed by atoms with Crippen molar-refractivity contribution in [2.75, 3.05) is 46.4 Å². The molecule has 0 saturated carbocycles. The Kier molecular flexibility index (Phi) is 6.82. The molecule has 1 fully saturated rings. The zero-order chi connectivity index (χ0) is 18.4. The van der Waals surface area contributed by atoms with E-state index in [-0.39, 0.29) is 11.8 Å². The highest BCUT2D eigenvalue weighted by atomic mass is 16.5. The Bertz CT molecular complexity index is 608. The van der Waals surface area contributed by atoms with Crippen molar-refractivity contribution in [3.8, 4) is 5.75 Å². The van der Waals surface area contributed by atoms with Gasteiger partial charge in [0.05, 0.1) is 13.7 Å². The van der Waals surface area contributed by atoms with Gasteiger partial charge < -0.3 is 15.0 Å². The van der Waals surface area contributed by atoms with Gasteiger partial charge in [0.1, 0.15) is 5.75 Å². The number of hydrogen-bond donors (Lipinski definition) is 1. The molecule has 1 aromatic rings. The van der Waals surface area contributed by atoms with E-state index in [1.54, 1.807) is 13.2 Å². The lowest BCUT2D eigenvalue weighted by Gasteiger charge is -2.34. The normalized spacial score (nSPS) is 15.3. The van der Waals surface area contributed by atoms with Gasteiger partial charge in [-0.2, -0.15) is 0 Å². The molecular weight excluding hydrogens is 318 g/mol. The van der Waals surface area contributed by atoms with Crippen LogP contribution in [-0.2, 0) is 4.79 Å². The number of nitrogens with one attached hydrogen (secondary N) is 1. The zero-order valence-electron chi connectivity index (χ0n) is 15.7. The number of aryl methyl sites for hydroxylation is 1. The van der Waals surface area contributed by atoms with Crippen LogP contribution in [0.4, 0.5) is 0 Å². The largest absolute Gasteiger partial charge is 0.496 e. The van der Waals surface area contributed by atoms with Crippen LogP contribution in [0.5, 0.6) is 5.75 Å². The van der Waals surface area contributed by atoms with Gasteiger partial charge in [0.2, 0.25) is 5.91 Å². The van der Waals surface area contributed by atoms with Crippen molar-refractivity contribution in [1.82, 2.24) is 15.1 Å². The van der Waals surface area contributed by atoms with Gasteiger partial charge in [-0.05, 0) is 30.5 Å². The first-order chi connectivity index (χ1) is 11.9. The summed E-state index contributed by atoms with van der Waals surface area (Å²) in [6.45, 7) is 9.89. The number of rotatable bonds is 6. The minimum atomic E-state index is 0.0159. The minimum Gasteiger partial charge on any atom is -0.496 e. The van der Waals surface area contributed by atoms with Crippen LogP contribution in [0.3, 0.4) is 0 Å². The predicted octanol–water partition coefficient (Wildman–Crippen LogP) is 1.53. The molecule has 0 aromatic heterocycles. The van der Waals surface area contributed by atoms with E-state index in [1.807, 2.05) is 24.0 Å². The Morgan fingerprint density at radius 3 is 2.48 bits per heavy atom. The number of ether oxygens (including phenoxy) is 1. The molecule has 0 radical (unpaired) electrons. The number of amides is 2. The molecule has 1 saturated heterocycles. The van der Waals surface area contributed by atoms with Gasteiger partial charge in [-0.25, -0.2) is 0 Å². The fourth-order valence-electron chi connectivity index (χ4n) is 2.82. The van der Waals surface area contributed by atoms with Crippen molar-refractivity contribution in [1.29, 1.82) is 0 Å². The molecule has 0 aliphatic carbocycles. The third-order valence-corrected chi connectivity index (χ3v) is 4.39. The van der Waals surface area contributed by atoms with Gasteiger partial charge >= 0.3 is 0 Å². The standard InChI is InChI=1S/C19H29N3O3/c1-14(2)12-20-18(23)13-21-7-9-22(10-8-21)19(24)16-6-5-15(3)17(11-16)25-4/h5-6,11,14H,7-10,12-13H2,1-4H3,(H,20,23). The SMILES string of the molecule is COc1cc(C(=O)N2CCN(CC(=O)NCC(C)C)CC2)ccc1C. The molecular formula is C19H29N3O3. The van der Waals surface area contributed by atoms with Crippen LogP contribution in [0.25, 0.3) is 0 Å². The maximum absolute atomic E-state index is 12.7. The fourth-order valence-corrected chi connectivity index (χ4v) is 2.82. The third kappa shape index (κ3) is 5.46. The van der Waals surface area contributed by atoms with Gasteiger partial charge in [0.15, 0.2) is 0 Å². The molecule has 1 heterocycles. The lowest BCUT2D eigenvalue weighted by atomic mass is 10.1. The molecule has 6 heteroatoms. The molecule has 1 aliphatic heterocycles. The topological polar surface area (TPSA) is 61.9 Å². The smallest absolute Gasteiger partial charge is 0.254 e. The molecule has 2 amide bonds. The van der Waals surface area contributed by atoms with Crippen molar-refractivity contribution in [2.24, 2.45) is 5.92 Å². The van der Waals surface area contributed by atoms with Gasteiger partial charge in [-0.3, -0.25) is 14.5 Å². The number of nitrogens with zero attached hydrogens (tertiary/aromatic N) is 2. The molecule has 6 nitrogen and oxygen atoms in total. The van der Waals surface area contributed by atoms with E-state index in [9.17, 15) is 9.59 Å². The third-order valence-electron chi connectivity index (χ3n) is 4.39. The molecule has 138 valence electrons. The molecule has 25 heavy (non-hydrogen) atoms. The lowest BCUT2D eigenvalue weighted by Crippen LogP contribution is -2.51. The maximum Gasteiger partial charge on any atom is 0.254 e. The lowest BCUT2D eigenvalue weighted by molar-refractivity contribution is -0.122. The van der Waals surface area contributed by atoms with Gasteiger partial charge in [0.25, 0.3) is 5.91 Å². The second kappa shape index (κ2) is 8.85. The summed E-state index contributed by atoms with van der Waals surface area (Å²) in [5, 5.41) is 2.93. The fraction of sp³-hybridized carbons (Fsp3) is 0.579. The highest BCUT2D eigenvalue weighted by Crippen LogP contribution is 2.20. The van der Waals surface area contributed by atoms with E-state index in [2.05, 4.69) is 24.1 Å². The van der Waals surface area contributed by atoms with E-state index in [0.717, 1.165) is 11.3 Å². The Labute approximate surface area is 150 Å². The first kappa shape index (κ1) is 19.2. The molecule has 1 aliphatic rings. The Balaban J connectivity index is 1.85. The summed E-state index contributed by atoms with van der Waals surface area (Å²) in [7, 11) is 1.61. The molecule has 0 spiro atoms. The summed E-state index contributed by atoms with van der Waals surface area (Å²) in [6.07, 6.45) is 0. The summed E-state index contributed by atoms with van der Waals surface area (Å²) in [5.41, 5.74) is 1.65. The highest BCUT2D eigenvalue weighted by Gasteiger charge is 2.23. The highest BCUT2D eigenvalue weighted by molar-refractivity contribution is 5.94. The number of carbonyl (C=O) groups is 2. The Hall–Kier alpha value is -2.08. The summed E-state index contributed by atoms with van der Waals surface area (Å²) >= 11 is 0. The van der Waals surface area contributed by atoms with Crippen molar-refractivity contribution in [3.63, 3.8) is 0 Å². The zero-order valence-corrected chi connectivity index (χ0v) is 15.7. The summed E-state index contributed by atoms with van der Waals surface area (Å²) in [6, 6.07) is 5.54. The van der Waals surface area contributed by atoms with Gasteiger partial charge in [-0.15, -0.1) is 0 Å². The van der Waals surface area contributed by atoms with Crippen LogP contribution in [0, 0.1) is 12.8 Å². The second-order valence-corrected chi connectivity index (χ2v) is 6.95. The van der Waals surface area contributed by atoms with Crippen molar-refractivity contribution in [3.05, 3.63) is 29.3 Å². The average molecular weight is 347 g/mol. The van der Waals surface area contributed by atoms with Crippen LogP contribution < -0.4 is 10.1 Å². The van der Waals surface area contributed by atoms with Crippen LogP contribution in [0.1, 0.15) is 29.8 Å². The average Bonchev–Trinajstić information content (AvgIpc) is 2.60. The summed E-state index contributed by atoms with van der Waals surface area (Å²) in [5.74, 6) is 1.25. The van der Waals surface area contributed by atoms with Crippen LogP contribution in [-0.4, -0.2) is 68.0 Å². The first-order valence-corrected chi connectivity index (χ1v) is 8.83. The molecule has 2 rings (SSSR count). The number of hydrogen-bond acceptors (Lipinski definition) is 4. The Morgan fingerprint density at radius 2 is 1.88 bits per heavy atom. The monoisotopic (exact) mass is 347 g/mol.